The van der Waals surface area contributed by atoms with E-state index in [1.807, 2.05) is 35.2 Å². The van der Waals surface area contributed by atoms with Gasteiger partial charge in [-0.2, -0.15) is 0 Å². The Balaban J connectivity index is 0.00000168. The Morgan fingerprint density at radius 3 is 2.69 bits per heavy atom. The van der Waals surface area contributed by atoms with Gasteiger partial charge < -0.3 is 19.7 Å². The molecule has 0 aromatic heterocycles. The van der Waals surface area contributed by atoms with Crippen molar-refractivity contribution in [3.8, 4) is 11.5 Å². The first-order valence-corrected chi connectivity index (χ1v) is 8.77. The number of hydrogen-bond acceptors (Lipinski definition) is 4. The van der Waals surface area contributed by atoms with E-state index in [-0.39, 0.29) is 31.1 Å². The minimum atomic E-state index is 0. The second-order valence-electron chi connectivity index (χ2n) is 6.96. The van der Waals surface area contributed by atoms with Crippen LogP contribution in [0.4, 0.5) is 0 Å². The van der Waals surface area contributed by atoms with Gasteiger partial charge in [0, 0.05) is 31.1 Å². The number of halogens is 1. The van der Waals surface area contributed by atoms with Crippen LogP contribution in [0.1, 0.15) is 22.0 Å². The van der Waals surface area contributed by atoms with Crippen molar-refractivity contribution in [3.05, 3.63) is 59.7 Å². The van der Waals surface area contributed by atoms with E-state index in [0.717, 1.165) is 19.6 Å². The number of carbonyl (C=O) groups excluding carboxylic acids is 1. The molecule has 0 aliphatic carbocycles. The van der Waals surface area contributed by atoms with Crippen LogP contribution >= 0.6 is 12.4 Å². The molecule has 0 saturated carbocycles. The second kappa shape index (κ2) is 6.82. The highest BCUT2D eigenvalue weighted by Gasteiger charge is 2.46. The summed E-state index contributed by atoms with van der Waals surface area (Å²) in [5.74, 6) is 2.42. The Kier molecular flexibility index (Phi) is 4.51. The van der Waals surface area contributed by atoms with Crippen LogP contribution in [-0.2, 0) is 0 Å². The van der Waals surface area contributed by atoms with Gasteiger partial charge in [-0.1, -0.05) is 30.3 Å². The number of carbonyl (C=O) groups is 1. The van der Waals surface area contributed by atoms with E-state index in [9.17, 15) is 4.79 Å². The molecule has 3 atom stereocenters. The number of ether oxygens (including phenoxy) is 2. The number of hydrogen-bond donors (Lipinski definition) is 1. The Hall–Kier alpha value is -2.24. The summed E-state index contributed by atoms with van der Waals surface area (Å²) >= 11 is 0. The molecule has 2 aromatic carbocycles. The van der Waals surface area contributed by atoms with Gasteiger partial charge in [-0.05, 0) is 29.7 Å². The smallest absolute Gasteiger partial charge is 0.254 e. The zero-order valence-corrected chi connectivity index (χ0v) is 15.1. The van der Waals surface area contributed by atoms with E-state index < -0.39 is 0 Å². The molecule has 0 spiro atoms. The molecule has 1 N–H and O–H groups in total. The number of benzene rings is 2. The maximum atomic E-state index is 13.3. The lowest BCUT2D eigenvalue weighted by Gasteiger charge is -2.28. The fourth-order valence-corrected chi connectivity index (χ4v) is 4.40. The number of nitrogens with one attached hydrogen (secondary N) is 1. The van der Waals surface area contributed by atoms with Crippen molar-refractivity contribution in [2.45, 2.75) is 6.04 Å². The van der Waals surface area contributed by atoms with Crippen LogP contribution in [0.5, 0.6) is 11.5 Å². The highest BCUT2D eigenvalue weighted by atomic mass is 35.5. The van der Waals surface area contributed by atoms with E-state index in [1.54, 1.807) is 6.07 Å². The Morgan fingerprint density at radius 1 is 1.04 bits per heavy atom. The summed E-state index contributed by atoms with van der Waals surface area (Å²) in [7, 11) is 0. The van der Waals surface area contributed by atoms with Crippen LogP contribution in [-0.4, -0.2) is 37.2 Å². The Labute approximate surface area is 158 Å². The van der Waals surface area contributed by atoms with Gasteiger partial charge in [0.15, 0.2) is 11.5 Å². The van der Waals surface area contributed by atoms with Crippen LogP contribution in [0.25, 0.3) is 0 Å². The molecule has 5 nitrogen and oxygen atoms in total. The van der Waals surface area contributed by atoms with Gasteiger partial charge in [-0.15, -0.1) is 12.4 Å². The molecule has 0 radical (unpaired) electrons. The van der Waals surface area contributed by atoms with Crippen molar-refractivity contribution in [2.24, 2.45) is 11.8 Å². The summed E-state index contributed by atoms with van der Waals surface area (Å²) < 4.78 is 10.8. The summed E-state index contributed by atoms with van der Waals surface area (Å²) in [5.41, 5.74) is 1.88. The van der Waals surface area contributed by atoms with Crippen molar-refractivity contribution in [1.29, 1.82) is 0 Å². The van der Waals surface area contributed by atoms with E-state index in [2.05, 4.69) is 17.4 Å². The lowest BCUT2D eigenvalue weighted by molar-refractivity contribution is 0.0713. The van der Waals surface area contributed by atoms with Gasteiger partial charge in [-0.3, -0.25) is 4.79 Å². The van der Waals surface area contributed by atoms with Crippen LogP contribution in [0.15, 0.2) is 48.5 Å². The third-order valence-corrected chi connectivity index (χ3v) is 5.59. The van der Waals surface area contributed by atoms with Gasteiger partial charge in [0.2, 0.25) is 6.79 Å². The Bertz CT molecular complexity index is 814. The lowest BCUT2D eigenvalue weighted by Crippen LogP contribution is -2.34. The third kappa shape index (κ3) is 2.72. The van der Waals surface area contributed by atoms with Crippen LogP contribution in [0.3, 0.4) is 0 Å². The molecule has 3 aliphatic heterocycles. The highest BCUT2D eigenvalue weighted by molar-refractivity contribution is 5.95. The maximum absolute atomic E-state index is 13.3. The van der Waals surface area contributed by atoms with Crippen LogP contribution in [0.2, 0.25) is 0 Å². The van der Waals surface area contributed by atoms with E-state index in [0.29, 0.717) is 28.9 Å². The number of nitrogens with zero attached hydrogens (tertiary/aromatic N) is 1. The summed E-state index contributed by atoms with van der Waals surface area (Å²) in [6, 6.07) is 16.0. The average Bonchev–Trinajstić information content (AvgIpc) is 3.36. The largest absolute Gasteiger partial charge is 0.454 e. The van der Waals surface area contributed by atoms with E-state index in [1.165, 1.54) is 5.56 Å². The number of rotatable bonds is 2. The molecule has 6 heteroatoms. The van der Waals surface area contributed by atoms with Gasteiger partial charge in [-0.25, -0.2) is 0 Å². The molecule has 136 valence electrons. The number of fused-ring (bicyclic) bond motifs is 2. The summed E-state index contributed by atoms with van der Waals surface area (Å²) in [4.78, 5) is 15.3. The van der Waals surface area contributed by atoms with Gasteiger partial charge in [0.05, 0.1) is 6.04 Å². The van der Waals surface area contributed by atoms with E-state index >= 15 is 0 Å². The van der Waals surface area contributed by atoms with Crippen molar-refractivity contribution in [3.63, 3.8) is 0 Å². The quantitative estimate of drug-likeness (QED) is 0.880. The minimum absolute atomic E-state index is 0. The molecule has 5 rings (SSSR count). The van der Waals surface area contributed by atoms with Gasteiger partial charge in [0.25, 0.3) is 5.91 Å². The first-order valence-electron chi connectivity index (χ1n) is 8.77. The molecule has 3 aliphatic rings. The molecule has 3 heterocycles. The second-order valence-corrected chi connectivity index (χ2v) is 6.96. The number of amides is 1. The SMILES string of the molecule is Cl.O=C(c1ccc2c(c1)OCO2)N1C[C@@H]2CNC[C@@H]2[C@@H]1c1ccccc1. The molecule has 1 amide bonds. The third-order valence-electron chi connectivity index (χ3n) is 5.59. The minimum Gasteiger partial charge on any atom is -0.454 e. The molecular formula is C20H21ClN2O3. The lowest BCUT2D eigenvalue weighted by atomic mass is 9.89. The molecular weight excluding hydrogens is 352 g/mol. The molecule has 2 aromatic rings. The number of likely N-dealkylation sites (tertiary alicyclic amines) is 1. The summed E-state index contributed by atoms with van der Waals surface area (Å²) in [6.07, 6.45) is 0. The highest BCUT2D eigenvalue weighted by Crippen LogP contribution is 2.43. The molecule has 2 fully saturated rings. The van der Waals surface area contributed by atoms with Crippen molar-refractivity contribution < 1.29 is 14.3 Å². The zero-order valence-electron chi connectivity index (χ0n) is 14.3. The topological polar surface area (TPSA) is 50.8 Å². The normalized spacial score (nSPS) is 25.7. The monoisotopic (exact) mass is 372 g/mol. The van der Waals surface area contributed by atoms with Gasteiger partial charge in [0.1, 0.15) is 0 Å². The zero-order chi connectivity index (χ0) is 16.8. The summed E-state index contributed by atoms with van der Waals surface area (Å²) in [5, 5.41) is 3.48. The van der Waals surface area contributed by atoms with Crippen molar-refractivity contribution >= 4 is 18.3 Å². The van der Waals surface area contributed by atoms with Crippen LogP contribution < -0.4 is 14.8 Å². The molecule has 2 saturated heterocycles. The fourth-order valence-electron chi connectivity index (χ4n) is 4.40. The molecule has 0 bridgehead atoms. The molecule has 0 unspecified atom stereocenters. The Morgan fingerprint density at radius 2 is 1.85 bits per heavy atom. The summed E-state index contributed by atoms with van der Waals surface area (Å²) in [6.45, 7) is 2.97. The maximum Gasteiger partial charge on any atom is 0.254 e. The standard InChI is InChI=1S/C20H20N2O3.ClH/c23-20(14-6-7-17-18(8-14)25-12-24-17)22-11-15-9-21-10-16(15)19(22)13-4-2-1-3-5-13;/h1-8,15-16,19,21H,9-12H2;1H/t15-,16-,19-;/m0./s1. The van der Waals surface area contributed by atoms with E-state index in [4.69, 9.17) is 9.47 Å². The van der Waals surface area contributed by atoms with Crippen LogP contribution in [0, 0.1) is 11.8 Å². The average molecular weight is 373 g/mol. The predicted octanol–water partition coefficient (Wildman–Crippen LogP) is 2.87. The van der Waals surface area contributed by atoms with Crippen molar-refractivity contribution in [2.75, 3.05) is 26.4 Å². The molecule has 26 heavy (non-hydrogen) atoms. The first kappa shape index (κ1) is 17.2. The predicted molar refractivity (Wildman–Crippen MR) is 99.9 cm³/mol. The first-order chi connectivity index (χ1) is 12.3. The fraction of sp³-hybridized carbons (Fsp3) is 0.350. The van der Waals surface area contributed by atoms with Gasteiger partial charge >= 0.3 is 0 Å². The van der Waals surface area contributed by atoms with Crippen molar-refractivity contribution in [1.82, 2.24) is 10.2 Å².